The van der Waals surface area contributed by atoms with Gasteiger partial charge < -0.3 is 10.6 Å². The van der Waals surface area contributed by atoms with Crippen molar-refractivity contribution in [2.45, 2.75) is 13.8 Å². The van der Waals surface area contributed by atoms with Crippen molar-refractivity contribution in [1.29, 1.82) is 0 Å². The van der Waals surface area contributed by atoms with E-state index in [-0.39, 0.29) is 0 Å². The number of nitrogens with one attached hydrogen (secondary N) is 2. The van der Waals surface area contributed by atoms with E-state index in [1.54, 1.807) is 6.33 Å². The average Bonchev–Trinajstić information content (AvgIpc) is 2.86. The molecule has 21 heavy (non-hydrogen) atoms. The predicted octanol–water partition coefficient (Wildman–Crippen LogP) is 3.43. The minimum atomic E-state index is 0.781. The minimum Gasteiger partial charge on any atom is -0.340 e. The Hall–Kier alpha value is -2.54. The molecule has 2 aromatic heterocycles. The number of hydrogen-bond donors (Lipinski definition) is 2. The average molecular weight is 298 g/mol. The fraction of sp³-hybridized carbons (Fsp3) is 0.143. The van der Waals surface area contributed by atoms with Crippen LogP contribution in [0.4, 0.5) is 22.3 Å². The quantitative estimate of drug-likeness (QED) is 0.768. The van der Waals surface area contributed by atoms with Crippen LogP contribution in [0.1, 0.15) is 10.7 Å². The Kier molecular flexibility index (Phi) is 3.74. The largest absolute Gasteiger partial charge is 0.340 e. The minimum absolute atomic E-state index is 0.781. The number of benzene rings is 1. The van der Waals surface area contributed by atoms with Crippen LogP contribution in [0.2, 0.25) is 0 Å². The normalized spacial score (nSPS) is 10.4. The Morgan fingerprint density at radius 1 is 0.905 bits per heavy atom. The molecule has 0 saturated heterocycles. The highest BCUT2D eigenvalue weighted by molar-refractivity contribution is 7.15. The lowest BCUT2D eigenvalue weighted by Crippen LogP contribution is -1.95. The van der Waals surface area contributed by atoms with Crippen molar-refractivity contribution in [3.63, 3.8) is 0 Å². The maximum Gasteiger partial charge on any atom is 0.210 e. The summed E-state index contributed by atoms with van der Waals surface area (Å²) < 4.78 is 0. The molecule has 7 heteroatoms. The van der Waals surface area contributed by atoms with Crippen LogP contribution in [-0.4, -0.2) is 20.2 Å². The van der Waals surface area contributed by atoms with Crippen LogP contribution in [0, 0.1) is 13.8 Å². The number of aromatic nitrogens is 4. The first-order chi connectivity index (χ1) is 10.2. The van der Waals surface area contributed by atoms with E-state index in [9.17, 15) is 0 Å². The molecule has 0 aliphatic heterocycles. The molecule has 0 bridgehead atoms. The van der Waals surface area contributed by atoms with Crippen molar-refractivity contribution in [2.24, 2.45) is 0 Å². The molecule has 0 unspecified atom stereocenters. The van der Waals surface area contributed by atoms with Gasteiger partial charge in [0.25, 0.3) is 0 Å². The molecule has 6 nitrogen and oxygen atoms in total. The van der Waals surface area contributed by atoms with E-state index in [4.69, 9.17) is 0 Å². The number of anilines is 4. The summed E-state index contributed by atoms with van der Waals surface area (Å²) in [6, 6.07) is 9.82. The Morgan fingerprint density at radius 3 is 2.24 bits per heavy atom. The van der Waals surface area contributed by atoms with Gasteiger partial charge >= 0.3 is 0 Å². The molecule has 0 fully saturated rings. The van der Waals surface area contributed by atoms with E-state index in [0.717, 1.165) is 33.0 Å². The van der Waals surface area contributed by atoms with Crippen molar-refractivity contribution >= 4 is 33.7 Å². The molecular weight excluding hydrogens is 284 g/mol. The van der Waals surface area contributed by atoms with Gasteiger partial charge in [0.2, 0.25) is 5.13 Å². The summed E-state index contributed by atoms with van der Waals surface area (Å²) in [5.74, 6) is 0.781. The number of aryl methyl sites for hydroxylation is 2. The van der Waals surface area contributed by atoms with Gasteiger partial charge in [0, 0.05) is 23.1 Å². The summed E-state index contributed by atoms with van der Waals surface area (Å²) in [6.45, 7) is 3.86. The summed E-state index contributed by atoms with van der Waals surface area (Å²) in [4.78, 5) is 8.24. The highest BCUT2D eigenvalue weighted by Gasteiger charge is 2.01. The molecule has 3 aromatic rings. The first-order valence-electron chi connectivity index (χ1n) is 6.42. The molecule has 1 aromatic carbocycles. The van der Waals surface area contributed by atoms with Crippen molar-refractivity contribution in [3.05, 3.63) is 47.4 Å². The Labute approximate surface area is 126 Å². The van der Waals surface area contributed by atoms with E-state index in [2.05, 4.69) is 30.8 Å². The van der Waals surface area contributed by atoms with Gasteiger partial charge in [0.1, 0.15) is 17.2 Å². The monoisotopic (exact) mass is 298 g/mol. The molecule has 0 aliphatic carbocycles. The zero-order valence-corrected chi connectivity index (χ0v) is 12.5. The topological polar surface area (TPSA) is 75.6 Å². The Morgan fingerprint density at radius 2 is 1.62 bits per heavy atom. The lowest BCUT2D eigenvalue weighted by molar-refractivity contribution is 1.05. The van der Waals surface area contributed by atoms with E-state index in [1.165, 1.54) is 11.3 Å². The van der Waals surface area contributed by atoms with Gasteiger partial charge in [0.15, 0.2) is 0 Å². The third-order valence-corrected chi connectivity index (χ3v) is 3.49. The Bertz CT molecular complexity index is 737. The van der Waals surface area contributed by atoms with E-state index in [0.29, 0.717) is 0 Å². The second-order valence-corrected chi connectivity index (χ2v) is 5.68. The van der Waals surface area contributed by atoms with Gasteiger partial charge in [-0.2, -0.15) is 0 Å². The molecular formula is C14H14N6S. The number of rotatable bonds is 4. The van der Waals surface area contributed by atoms with Crippen molar-refractivity contribution in [2.75, 3.05) is 10.6 Å². The highest BCUT2D eigenvalue weighted by atomic mass is 32.1. The molecule has 0 amide bonds. The summed E-state index contributed by atoms with van der Waals surface area (Å²) in [5.41, 5.74) is 2.86. The van der Waals surface area contributed by atoms with Crippen molar-refractivity contribution in [3.8, 4) is 0 Å². The third kappa shape index (κ3) is 3.51. The van der Waals surface area contributed by atoms with E-state index < -0.39 is 0 Å². The maximum absolute atomic E-state index is 4.17. The zero-order chi connectivity index (χ0) is 14.7. The molecule has 3 rings (SSSR count). The standard InChI is InChI=1S/C14H14N6S/c1-9-7-13(16-8-15-9)17-11-3-5-12(6-4-11)18-14-20-19-10(2)21-14/h3-8H,1-2H3,(H,18,20)(H,15,16,17). The fourth-order valence-corrected chi connectivity index (χ4v) is 2.39. The van der Waals surface area contributed by atoms with E-state index in [1.807, 2.05) is 44.2 Å². The van der Waals surface area contributed by atoms with Crippen LogP contribution in [0.3, 0.4) is 0 Å². The summed E-state index contributed by atoms with van der Waals surface area (Å²) in [6.07, 6.45) is 1.55. The van der Waals surface area contributed by atoms with Crippen LogP contribution >= 0.6 is 11.3 Å². The van der Waals surface area contributed by atoms with E-state index >= 15 is 0 Å². The third-order valence-electron chi connectivity index (χ3n) is 2.74. The molecule has 2 heterocycles. The first-order valence-corrected chi connectivity index (χ1v) is 7.23. The fourth-order valence-electron chi connectivity index (χ4n) is 1.78. The first kappa shape index (κ1) is 13.4. The summed E-state index contributed by atoms with van der Waals surface area (Å²) in [7, 11) is 0. The summed E-state index contributed by atoms with van der Waals surface area (Å²) in [5, 5.41) is 16.2. The van der Waals surface area contributed by atoms with Crippen molar-refractivity contribution < 1.29 is 0 Å². The molecule has 2 N–H and O–H groups in total. The summed E-state index contributed by atoms with van der Waals surface area (Å²) >= 11 is 1.53. The molecule has 106 valence electrons. The predicted molar refractivity (Wildman–Crippen MR) is 84.4 cm³/mol. The van der Waals surface area contributed by atoms with Gasteiger partial charge in [0.05, 0.1) is 0 Å². The second-order valence-electron chi connectivity index (χ2n) is 4.50. The van der Waals surface area contributed by atoms with Crippen LogP contribution in [-0.2, 0) is 0 Å². The molecule has 0 atom stereocenters. The smallest absolute Gasteiger partial charge is 0.210 e. The second kappa shape index (κ2) is 5.84. The van der Waals surface area contributed by atoms with Gasteiger partial charge in [-0.25, -0.2) is 9.97 Å². The van der Waals surface area contributed by atoms with Gasteiger partial charge in [-0.1, -0.05) is 11.3 Å². The Balaban J connectivity index is 1.69. The number of nitrogens with zero attached hydrogens (tertiary/aromatic N) is 4. The maximum atomic E-state index is 4.17. The zero-order valence-electron chi connectivity index (χ0n) is 11.7. The SMILES string of the molecule is Cc1cc(Nc2ccc(Nc3nnc(C)s3)cc2)ncn1. The van der Waals surface area contributed by atoms with Crippen LogP contribution < -0.4 is 10.6 Å². The van der Waals surface area contributed by atoms with Crippen LogP contribution in [0.5, 0.6) is 0 Å². The molecule has 0 spiro atoms. The van der Waals surface area contributed by atoms with Gasteiger partial charge in [-0.3, -0.25) is 0 Å². The number of hydrogen-bond acceptors (Lipinski definition) is 7. The van der Waals surface area contributed by atoms with Crippen LogP contribution in [0.25, 0.3) is 0 Å². The van der Waals surface area contributed by atoms with Gasteiger partial charge in [-0.05, 0) is 38.1 Å². The lowest BCUT2D eigenvalue weighted by Gasteiger charge is -2.07. The lowest BCUT2D eigenvalue weighted by atomic mass is 10.3. The van der Waals surface area contributed by atoms with Crippen LogP contribution in [0.15, 0.2) is 36.7 Å². The van der Waals surface area contributed by atoms with Crippen molar-refractivity contribution in [1.82, 2.24) is 20.2 Å². The van der Waals surface area contributed by atoms with Gasteiger partial charge in [-0.15, -0.1) is 10.2 Å². The molecule has 0 saturated carbocycles. The molecule has 0 radical (unpaired) electrons. The highest BCUT2D eigenvalue weighted by Crippen LogP contribution is 2.22. The molecule has 0 aliphatic rings.